The molecule has 1 amide bonds. The number of benzene rings is 2. The molecule has 2 aliphatic rings. The lowest BCUT2D eigenvalue weighted by Crippen LogP contribution is -2.43. The monoisotopic (exact) mass is 507 g/mol. The predicted octanol–water partition coefficient (Wildman–Crippen LogP) is 5.47. The van der Waals surface area contributed by atoms with Gasteiger partial charge in [0.2, 0.25) is 17.6 Å². The van der Waals surface area contributed by atoms with Gasteiger partial charge in [-0.1, -0.05) is 41.0 Å². The first kappa shape index (κ1) is 24.8. The number of likely N-dealkylation sites (tertiary alicyclic amines) is 1. The summed E-state index contributed by atoms with van der Waals surface area (Å²) in [6, 6.07) is 16.1. The van der Waals surface area contributed by atoms with Gasteiger partial charge >= 0.3 is 0 Å². The Bertz CT molecular complexity index is 1160. The Morgan fingerprint density at radius 3 is 2.64 bits per heavy atom. The third-order valence-electron chi connectivity index (χ3n) is 7.29. The molecular formula is C28H34ClN5O2. The van der Waals surface area contributed by atoms with Crippen molar-refractivity contribution in [3.63, 3.8) is 0 Å². The molecule has 190 valence electrons. The molecule has 0 radical (unpaired) electrons. The second-order valence-corrected chi connectivity index (χ2v) is 10.3. The molecule has 3 aromatic rings. The summed E-state index contributed by atoms with van der Waals surface area (Å²) in [5.41, 5.74) is 3.16. The maximum Gasteiger partial charge on any atom is 0.241 e. The summed E-state index contributed by atoms with van der Waals surface area (Å²) in [6.45, 7) is 6.43. The van der Waals surface area contributed by atoms with Crippen LogP contribution in [0.2, 0.25) is 5.02 Å². The third kappa shape index (κ3) is 5.90. The summed E-state index contributed by atoms with van der Waals surface area (Å²) >= 11 is 6.26. The van der Waals surface area contributed by atoms with E-state index in [0.717, 1.165) is 43.6 Å². The second kappa shape index (κ2) is 11.4. The average molecular weight is 508 g/mol. The first-order chi connectivity index (χ1) is 17.6. The zero-order chi connectivity index (χ0) is 24.9. The van der Waals surface area contributed by atoms with Gasteiger partial charge in [-0.3, -0.25) is 9.69 Å². The Labute approximate surface area is 217 Å². The highest BCUT2D eigenvalue weighted by Gasteiger charge is 2.28. The highest BCUT2D eigenvalue weighted by molar-refractivity contribution is 6.33. The van der Waals surface area contributed by atoms with Gasteiger partial charge in [0.05, 0.1) is 23.5 Å². The molecule has 36 heavy (non-hydrogen) atoms. The molecule has 0 spiro atoms. The number of anilines is 1. The number of carbonyl (C=O) groups excluding carboxylic acids is 1. The highest BCUT2D eigenvalue weighted by atomic mass is 35.5. The van der Waals surface area contributed by atoms with E-state index in [9.17, 15) is 4.79 Å². The lowest BCUT2D eigenvalue weighted by Gasteiger charge is -2.31. The molecule has 2 unspecified atom stereocenters. The van der Waals surface area contributed by atoms with Crippen molar-refractivity contribution in [3.05, 3.63) is 65.0 Å². The molecule has 1 N–H and O–H groups in total. The number of piperidine rings is 2. The molecule has 2 aliphatic heterocycles. The SMILES string of the molecule is CC(NC(=O)C1CCCN(Cc2nc(-c3ccccc3Cl)no2)C1)c1ccc(N2CCCCC2)cc1. The number of carbonyl (C=O) groups is 1. The van der Waals surface area contributed by atoms with Crippen LogP contribution >= 0.6 is 11.6 Å². The highest BCUT2D eigenvalue weighted by Crippen LogP contribution is 2.26. The van der Waals surface area contributed by atoms with Crippen molar-refractivity contribution >= 4 is 23.2 Å². The standard InChI is InChI=1S/C28H34ClN5O2/c1-20(21-11-13-23(14-12-21)34-16-5-2-6-17-34)30-28(35)22-8-7-15-33(18-22)19-26-31-27(32-36-26)24-9-3-4-10-25(24)29/h3-4,9-14,20,22H,2,5-8,15-19H2,1H3,(H,30,35). The Hall–Kier alpha value is -2.90. The molecule has 0 saturated carbocycles. The zero-order valence-corrected chi connectivity index (χ0v) is 21.6. The van der Waals surface area contributed by atoms with E-state index in [1.54, 1.807) is 0 Å². The molecular weight excluding hydrogens is 474 g/mol. The minimum atomic E-state index is -0.0558. The van der Waals surface area contributed by atoms with Crippen LogP contribution in [0.5, 0.6) is 0 Å². The van der Waals surface area contributed by atoms with Gasteiger partial charge in [-0.25, -0.2) is 0 Å². The molecule has 3 heterocycles. The molecule has 0 bridgehead atoms. The van der Waals surface area contributed by atoms with Gasteiger partial charge in [0.15, 0.2) is 0 Å². The molecule has 0 aliphatic carbocycles. The van der Waals surface area contributed by atoms with E-state index in [2.05, 4.69) is 56.4 Å². The largest absolute Gasteiger partial charge is 0.372 e. The lowest BCUT2D eigenvalue weighted by atomic mass is 9.96. The number of aromatic nitrogens is 2. The fourth-order valence-electron chi connectivity index (χ4n) is 5.22. The normalized spacial score (nSPS) is 19.7. The minimum Gasteiger partial charge on any atom is -0.372 e. The zero-order valence-electron chi connectivity index (χ0n) is 20.8. The van der Waals surface area contributed by atoms with E-state index in [1.165, 1.54) is 24.9 Å². The van der Waals surface area contributed by atoms with E-state index in [1.807, 2.05) is 24.3 Å². The summed E-state index contributed by atoms with van der Waals surface area (Å²) < 4.78 is 5.48. The van der Waals surface area contributed by atoms with Gasteiger partial charge in [0.1, 0.15) is 0 Å². The van der Waals surface area contributed by atoms with E-state index >= 15 is 0 Å². The van der Waals surface area contributed by atoms with Gasteiger partial charge in [-0.2, -0.15) is 4.98 Å². The quantitative estimate of drug-likeness (QED) is 0.457. The Balaban J connectivity index is 1.15. The predicted molar refractivity (Wildman–Crippen MR) is 142 cm³/mol. The number of rotatable bonds is 7. The Morgan fingerprint density at radius 1 is 1.08 bits per heavy atom. The molecule has 2 aromatic carbocycles. The summed E-state index contributed by atoms with van der Waals surface area (Å²) in [6.07, 6.45) is 5.71. The van der Waals surface area contributed by atoms with Crippen molar-refractivity contribution in [1.82, 2.24) is 20.4 Å². The van der Waals surface area contributed by atoms with Gasteiger partial charge in [0, 0.05) is 30.9 Å². The summed E-state index contributed by atoms with van der Waals surface area (Å²) in [5, 5.41) is 7.92. The fraction of sp³-hybridized carbons (Fsp3) is 0.464. The molecule has 2 fully saturated rings. The van der Waals surface area contributed by atoms with Crippen molar-refractivity contribution in [2.24, 2.45) is 5.92 Å². The van der Waals surface area contributed by atoms with E-state index in [4.69, 9.17) is 16.1 Å². The van der Waals surface area contributed by atoms with Crippen LogP contribution in [-0.4, -0.2) is 47.1 Å². The van der Waals surface area contributed by atoms with E-state index < -0.39 is 0 Å². The Kier molecular flexibility index (Phi) is 7.87. The second-order valence-electron chi connectivity index (χ2n) is 9.94. The van der Waals surface area contributed by atoms with Gasteiger partial charge in [-0.05, 0) is 75.4 Å². The van der Waals surface area contributed by atoms with Crippen molar-refractivity contribution < 1.29 is 9.32 Å². The molecule has 7 nitrogen and oxygen atoms in total. The van der Waals surface area contributed by atoms with E-state index in [0.29, 0.717) is 29.8 Å². The third-order valence-corrected chi connectivity index (χ3v) is 7.62. The lowest BCUT2D eigenvalue weighted by molar-refractivity contribution is -0.127. The maximum absolute atomic E-state index is 13.1. The summed E-state index contributed by atoms with van der Waals surface area (Å²) in [7, 11) is 0. The van der Waals surface area contributed by atoms with Crippen LogP contribution in [0.3, 0.4) is 0 Å². The summed E-state index contributed by atoms with van der Waals surface area (Å²) in [4.78, 5) is 22.3. The Morgan fingerprint density at radius 2 is 1.86 bits per heavy atom. The van der Waals surface area contributed by atoms with E-state index in [-0.39, 0.29) is 17.9 Å². The van der Waals surface area contributed by atoms with Gasteiger partial charge in [-0.15, -0.1) is 0 Å². The first-order valence-electron chi connectivity index (χ1n) is 13.0. The smallest absolute Gasteiger partial charge is 0.241 e. The number of hydrogen-bond donors (Lipinski definition) is 1. The van der Waals surface area contributed by atoms with Crippen LogP contribution < -0.4 is 10.2 Å². The van der Waals surface area contributed by atoms with Crippen LogP contribution in [0.25, 0.3) is 11.4 Å². The van der Waals surface area contributed by atoms with Crippen LogP contribution in [-0.2, 0) is 11.3 Å². The average Bonchev–Trinajstić information content (AvgIpc) is 3.37. The molecule has 2 saturated heterocycles. The number of hydrogen-bond acceptors (Lipinski definition) is 6. The van der Waals surface area contributed by atoms with Crippen LogP contribution in [0.15, 0.2) is 53.1 Å². The molecule has 8 heteroatoms. The summed E-state index contributed by atoms with van der Waals surface area (Å²) in [5.74, 6) is 1.07. The number of amides is 1. The topological polar surface area (TPSA) is 74.5 Å². The van der Waals surface area contributed by atoms with Crippen molar-refractivity contribution in [1.29, 1.82) is 0 Å². The number of nitrogens with zero attached hydrogens (tertiary/aromatic N) is 4. The number of halogens is 1. The minimum absolute atomic E-state index is 0.0302. The molecule has 5 rings (SSSR count). The van der Waals surface area contributed by atoms with Crippen LogP contribution in [0, 0.1) is 5.92 Å². The van der Waals surface area contributed by atoms with Crippen LogP contribution in [0.1, 0.15) is 56.5 Å². The molecule has 1 aromatic heterocycles. The van der Waals surface area contributed by atoms with Gasteiger partial charge in [0.25, 0.3) is 0 Å². The maximum atomic E-state index is 13.1. The van der Waals surface area contributed by atoms with Crippen molar-refractivity contribution in [2.45, 2.75) is 51.6 Å². The number of nitrogens with one attached hydrogen (secondary N) is 1. The molecule has 2 atom stereocenters. The van der Waals surface area contributed by atoms with Crippen LogP contribution in [0.4, 0.5) is 5.69 Å². The van der Waals surface area contributed by atoms with Crippen molar-refractivity contribution in [2.75, 3.05) is 31.1 Å². The van der Waals surface area contributed by atoms with Gasteiger partial charge < -0.3 is 14.7 Å². The first-order valence-corrected chi connectivity index (χ1v) is 13.4. The fourth-order valence-corrected chi connectivity index (χ4v) is 5.44. The van der Waals surface area contributed by atoms with Crippen molar-refractivity contribution in [3.8, 4) is 11.4 Å².